The van der Waals surface area contributed by atoms with Crippen molar-refractivity contribution in [1.29, 1.82) is 0 Å². The van der Waals surface area contributed by atoms with Crippen molar-refractivity contribution in [3.05, 3.63) is 24.0 Å². The third-order valence-corrected chi connectivity index (χ3v) is 4.03. The van der Waals surface area contributed by atoms with E-state index in [0.717, 1.165) is 18.2 Å². The molecule has 3 heteroatoms. The van der Waals surface area contributed by atoms with Crippen LogP contribution in [0.1, 0.15) is 44.6 Å². The van der Waals surface area contributed by atoms with Crippen LogP contribution in [-0.2, 0) is 0 Å². The molecule has 0 saturated heterocycles. The van der Waals surface area contributed by atoms with Gasteiger partial charge in [-0.15, -0.1) is 0 Å². The Hall–Kier alpha value is -1.09. The molecular formula is C15H24N2O. The summed E-state index contributed by atoms with van der Waals surface area (Å²) in [6.45, 7) is 5.79. The van der Waals surface area contributed by atoms with Gasteiger partial charge in [-0.05, 0) is 55.7 Å². The molecule has 3 unspecified atom stereocenters. The first-order chi connectivity index (χ1) is 8.74. The number of pyridine rings is 1. The van der Waals surface area contributed by atoms with Crippen LogP contribution in [0.2, 0.25) is 0 Å². The van der Waals surface area contributed by atoms with Crippen LogP contribution in [0.5, 0.6) is 5.75 Å². The first-order valence-corrected chi connectivity index (χ1v) is 7.02. The smallest absolute Gasteiger partial charge is 0.137 e. The number of nitrogens with zero attached hydrogens (tertiary/aromatic N) is 1. The van der Waals surface area contributed by atoms with Crippen molar-refractivity contribution in [2.75, 3.05) is 13.2 Å². The van der Waals surface area contributed by atoms with Crippen molar-refractivity contribution < 1.29 is 4.74 Å². The molecule has 2 N–H and O–H groups in total. The lowest BCUT2D eigenvalue weighted by molar-refractivity contribution is 0.252. The normalized spacial score (nSPS) is 28.1. The summed E-state index contributed by atoms with van der Waals surface area (Å²) >= 11 is 0. The van der Waals surface area contributed by atoms with Gasteiger partial charge in [-0.2, -0.15) is 0 Å². The molecule has 0 bridgehead atoms. The SMILES string of the molecule is CCOc1cncc(C2CC(C)CCC2CN)c1. The van der Waals surface area contributed by atoms with Crippen LogP contribution in [0.4, 0.5) is 0 Å². The minimum atomic E-state index is 0.548. The van der Waals surface area contributed by atoms with Crippen LogP contribution in [-0.4, -0.2) is 18.1 Å². The molecule has 0 radical (unpaired) electrons. The quantitative estimate of drug-likeness (QED) is 0.891. The molecule has 2 rings (SSSR count). The Kier molecular flexibility index (Phi) is 4.59. The van der Waals surface area contributed by atoms with E-state index in [1.165, 1.54) is 24.8 Å². The molecule has 0 spiro atoms. The fourth-order valence-corrected chi connectivity index (χ4v) is 3.02. The maximum absolute atomic E-state index is 5.92. The summed E-state index contributed by atoms with van der Waals surface area (Å²) in [5, 5.41) is 0. The summed E-state index contributed by atoms with van der Waals surface area (Å²) in [6, 6.07) is 2.14. The number of rotatable bonds is 4. The van der Waals surface area contributed by atoms with Gasteiger partial charge in [0.2, 0.25) is 0 Å². The highest BCUT2D eigenvalue weighted by Crippen LogP contribution is 2.40. The molecule has 1 fully saturated rings. The second-order valence-electron chi connectivity index (χ2n) is 5.41. The Bertz CT molecular complexity index is 381. The van der Waals surface area contributed by atoms with E-state index < -0.39 is 0 Å². The Labute approximate surface area is 110 Å². The first-order valence-electron chi connectivity index (χ1n) is 7.02. The zero-order chi connectivity index (χ0) is 13.0. The van der Waals surface area contributed by atoms with Gasteiger partial charge < -0.3 is 10.5 Å². The summed E-state index contributed by atoms with van der Waals surface area (Å²) in [4.78, 5) is 4.31. The van der Waals surface area contributed by atoms with Crippen LogP contribution in [0, 0.1) is 11.8 Å². The van der Waals surface area contributed by atoms with Gasteiger partial charge in [0.15, 0.2) is 0 Å². The van der Waals surface area contributed by atoms with Gasteiger partial charge in [0, 0.05) is 6.20 Å². The van der Waals surface area contributed by atoms with Crippen molar-refractivity contribution in [2.45, 2.75) is 39.0 Å². The fraction of sp³-hybridized carbons (Fsp3) is 0.667. The van der Waals surface area contributed by atoms with Gasteiger partial charge in [0.1, 0.15) is 5.75 Å². The lowest BCUT2D eigenvalue weighted by Crippen LogP contribution is -2.28. The second-order valence-corrected chi connectivity index (χ2v) is 5.41. The van der Waals surface area contributed by atoms with Gasteiger partial charge in [-0.1, -0.05) is 13.3 Å². The predicted octanol–water partition coefficient (Wildman–Crippen LogP) is 2.96. The molecule has 3 atom stereocenters. The monoisotopic (exact) mass is 248 g/mol. The van der Waals surface area contributed by atoms with Crippen LogP contribution in [0.15, 0.2) is 18.5 Å². The largest absolute Gasteiger partial charge is 0.492 e. The van der Waals surface area contributed by atoms with E-state index in [2.05, 4.69) is 18.0 Å². The highest BCUT2D eigenvalue weighted by molar-refractivity contribution is 5.27. The predicted molar refractivity (Wildman–Crippen MR) is 73.7 cm³/mol. The Morgan fingerprint density at radius 2 is 2.22 bits per heavy atom. The van der Waals surface area contributed by atoms with E-state index in [0.29, 0.717) is 18.4 Å². The molecular weight excluding hydrogens is 224 g/mol. The van der Waals surface area contributed by atoms with Gasteiger partial charge in [-0.3, -0.25) is 4.98 Å². The summed E-state index contributed by atoms with van der Waals surface area (Å²) < 4.78 is 5.54. The van der Waals surface area contributed by atoms with Crippen molar-refractivity contribution in [1.82, 2.24) is 4.98 Å². The average Bonchev–Trinajstić information content (AvgIpc) is 2.39. The Morgan fingerprint density at radius 3 is 2.94 bits per heavy atom. The summed E-state index contributed by atoms with van der Waals surface area (Å²) in [5.41, 5.74) is 7.22. The number of ether oxygens (including phenoxy) is 1. The zero-order valence-corrected chi connectivity index (χ0v) is 11.4. The Balaban J connectivity index is 2.19. The third-order valence-electron chi connectivity index (χ3n) is 4.03. The van der Waals surface area contributed by atoms with E-state index in [4.69, 9.17) is 10.5 Å². The standard InChI is InChI=1S/C15H24N2O/c1-3-18-14-7-13(9-17-10-14)15-6-11(2)4-5-12(15)8-16/h7,9-12,15H,3-6,8,16H2,1-2H3. The molecule has 18 heavy (non-hydrogen) atoms. The van der Waals surface area contributed by atoms with Gasteiger partial charge in [0.25, 0.3) is 0 Å². The molecule has 1 aliphatic rings. The first kappa shape index (κ1) is 13.3. The second kappa shape index (κ2) is 6.19. The molecule has 3 nitrogen and oxygen atoms in total. The maximum Gasteiger partial charge on any atom is 0.137 e. The van der Waals surface area contributed by atoms with E-state index >= 15 is 0 Å². The highest BCUT2D eigenvalue weighted by Gasteiger charge is 2.29. The molecule has 100 valence electrons. The number of aromatic nitrogens is 1. The lowest BCUT2D eigenvalue weighted by Gasteiger charge is -2.34. The van der Waals surface area contributed by atoms with Crippen molar-refractivity contribution >= 4 is 0 Å². The number of nitrogens with two attached hydrogens (primary N) is 1. The van der Waals surface area contributed by atoms with Crippen LogP contribution >= 0.6 is 0 Å². The van der Waals surface area contributed by atoms with Crippen LogP contribution < -0.4 is 10.5 Å². The fourth-order valence-electron chi connectivity index (χ4n) is 3.02. The maximum atomic E-state index is 5.92. The zero-order valence-electron chi connectivity index (χ0n) is 11.4. The molecule has 0 aliphatic heterocycles. The molecule has 0 aromatic carbocycles. The molecule has 1 aromatic heterocycles. The lowest BCUT2D eigenvalue weighted by atomic mass is 9.72. The van der Waals surface area contributed by atoms with E-state index in [9.17, 15) is 0 Å². The van der Waals surface area contributed by atoms with E-state index in [1.54, 1.807) is 6.20 Å². The van der Waals surface area contributed by atoms with E-state index in [1.807, 2.05) is 13.1 Å². The van der Waals surface area contributed by atoms with Crippen LogP contribution in [0.3, 0.4) is 0 Å². The third kappa shape index (κ3) is 3.02. The summed E-state index contributed by atoms with van der Waals surface area (Å²) in [6.07, 6.45) is 7.53. The minimum absolute atomic E-state index is 0.548. The molecule has 1 aromatic rings. The van der Waals surface area contributed by atoms with Gasteiger partial charge in [-0.25, -0.2) is 0 Å². The molecule has 1 aliphatic carbocycles. The van der Waals surface area contributed by atoms with Crippen molar-refractivity contribution in [3.63, 3.8) is 0 Å². The van der Waals surface area contributed by atoms with Crippen molar-refractivity contribution in [2.24, 2.45) is 17.6 Å². The topological polar surface area (TPSA) is 48.1 Å². The van der Waals surface area contributed by atoms with Gasteiger partial charge >= 0.3 is 0 Å². The molecule has 0 amide bonds. The number of hydrogen-bond donors (Lipinski definition) is 1. The van der Waals surface area contributed by atoms with Crippen LogP contribution in [0.25, 0.3) is 0 Å². The minimum Gasteiger partial charge on any atom is -0.492 e. The van der Waals surface area contributed by atoms with E-state index in [-0.39, 0.29) is 0 Å². The number of hydrogen-bond acceptors (Lipinski definition) is 3. The average molecular weight is 248 g/mol. The summed E-state index contributed by atoms with van der Waals surface area (Å²) in [5.74, 6) is 2.81. The van der Waals surface area contributed by atoms with Crippen molar-refractivity contribution in [3.8, 4) is 5.75 Å². The molecule has 1 heterocycles. The highest BCUT2D eigenvalue weighted by atomic mass is 16.5. The Morgan fingerprint density at radius 1 is 1.39 bits per heavy atom. The van der Waals surface area contributed by atoms with Gasteiger partial charge in [0.05, 0.1) is 12.8 Å². The summed E-state index contributed by atoms with van der Waals surface area (Å²) in [7, 11) is 0. The molecule has 1 saturated carbocycles.